The van der Waals surface area contributed by atoms with E-state index in [1.807, 2.05) is 6.20 Å². The van der Waals surface area contributed by atoms with Crippen molar-refractivity contribution in [2.75, 3.05) is 12.3 Å². The topological polar surface area (TPSA) is 37.8 Å². The molecule has 1 aromatic heterocycles. The third-order valence-corrected chi connectivity index (χ3v) is 3.28. The number of hydrogen-bond donors (Lipinski definition) is 1. The maximum absolute atomic E-state index is 4.24. The van der Waals surface area contributed by atoms with E-state index in [1.54, 1.807) is 24.2 Å². The summed E-state index contributed by atoms with van der Waals surface area (Å²) in [6, 6.07) is 0. The van der Waals surface area contributed by atoms with E-state index in [9.17, 15) is 0 Å². The number of rotatable bonds is 5. The Hall–Kier alpha value is -0.610. The highest BCUT2D eigenvalue weighted by molar-refractivity contribution is 7.99. The summed E-state index contributed by atoms with van der Waals surface area (Å²) < 4.78 is 0. The van der Waals surface area contributed by atoms with E-state index in [1.165, 1.54) is 0 Å². The van der Waals surface area contributed by atoms with Crippen molar-refractivity contribution in [2.45, 2.75) is 38.3 Å². The minimum absolute atomic E-state index is 0.200. The second kappa shape index (κ2) is 6.21. The molecule has 0 radical (unpaired) electrons. The lowest BCUT2D eigenvalue weighted by Gasteiger charge is -2.23. The molecule has 16 heavy (non-hydrogen) atoms. The van der Waals surface area contributed by atoms with Gasteiger partial charge in [0.25, 0.3) is 0 Å². The van der Waals surface area contributed by atoms with Crippen LogP contribution in [0.4, 0.5) is 0 Å². The van der Waals surface area contributed by atoms with Crippen molar-refractivity contribution in [2.24, 2.45) is 5.92 Å². The molecule has 4 heteroatoms. The largest absolute Gasteiger partial charge is 0.312 e. The Morgan fingerprint density at radius 2 is 2.12 bits per heavy atom. The van der Waals surface area contributed by atoms with Gasteiger partial charge < -0.3 is 5.32 Å². The summed E-state index contributed by atoms with van der Waals surface area (Å²) in [4.78, 5) is 8.29. The number of aromatic nitrogens is 2. The third-order valence-electron chi connectivity index (χ3n) is 2.04. The summed E-state index contributed by atoms with van der Waals surface area (Å²) in [6.07, 6.45) is 5.25. The maximum Gasteiger partial charge on any atom is 0.114 e. The molecule has 0 amide bonds. The van der Waals surface area contributed by atoms with Crippen molar-refractivity contribution >= 4 is 11.8 Å². The standard InChI is InChI=1S/C12H21N3S/c1-10(7-15-12(2,3)4)9-16-11-8-13-5-6-14-11/h5-6,8,10,15H,7,9H2,1-4H3. The molecule has 1 N–H and O–H groups in total. The molecule has 1 unspecified atom stereocenters. The number of hydrogen-bond acceptors (Lipinski definition) is 4. The second-order valence-corrected chi connectivity index (χ2v) is 6.13. The zero-order valence-corrected chi connectivity index (χ0v) is 11.3. The summed E-state index contributed by atoms with van der Waals surface area (Å²) in [5.41, 5.74) is 0.200. The van der Waals surface area contributed by atoms with E-state index >= 15 is 0 Å². The minimum Gasteiger partial charge on any atom is -0.312 e. The van der Waals surface area contributed by atoms with Gasteiger partial charge in [-0.05, 0) is 33.2 Å². The molecule has 0 aliphatic heterocycles. The summed E-state index contributed by atoms with van der Waals surface area (Å²) in [7, 11) is 0. The third kappa shape index (κ3) is 6.08. The monoisotopic (exact) mass is 239 g/mol. The maximum atomic E-state index is 4.24. The van der Waals surface area contributed by atoms with Crippen molar-refractivity contribution < 1.29 is 0 Å². The van der Waals surface area contributed by atoms with E-state index in [0.717, 1.165) is 17.3 Å². The molecule has 0 fully saturated rings. The van der Waals surface area contributed by atoms with Crippen LogP contribution < -0.4 is 5.32 Å². The number of nitrogens with one attached hydrogen (secondary N) is 1. The first-order valence-electron chi connectivity index (χ1n) is 5.61. The lowest BCUT2D eigenvalue weighted by atomic mass is 10.1. The van der Waals surface area contributed by atoms with Gasteiger partial charge in [0.15, 0.2) is 0 Å². The normalized spacial score (nSPS) is 13.8. The minimum atomic E-state index is 0.200. The molecule has 0 saturated carbocycles. The molecule has 0 aromatic carbocycles. The van der Waals surface area contributed by atoms with Crippen LogP contribution >= 0.6 is 11.8 Å². The Kier molecular flexibility index (Phi) is 5.22. The van der Waals surface area contributed by atoms with Crippen molar-refractivity contribution in [3.05, 3.63) is 18.6 Å². The van der Waals surface area contributed by atoms with Gasteiger partial charge in [0.2, 0.25) is 0 Å². The summed E-state index contributed by atoms with van der Waals surface area (Å²) in [5.74, 6) is 1.70. The average Bonchev–Trinajstić information content (AvgIpc) is 2.24. The molecule has 3 nitrogen and oxygen atoms in total. The average molecular weight is 239 g/mol. The Morgan fingerprint density at radius 3 is 2.69 bits per heavy atom. The molecule has 1 aromatic rings. The number of nitrogens with zero attached hydrogens (tertiary/aromatic N) is 2. The van der Waals surface area contributed by atoms with Gasteiger partial charge in [-0.25, -0.2) is 4.98 Å². The van der Waals surface area contributed by atoms with Gasteiger partial charge in [0.1, 0.15) is 5.03 Å². The van der Waals surface area contributed by atoms with E-state index in [0.29, 0.717) is 5.92 Å². The van der Waals surface area contributed by atoms with Crippen LogP contribution in [0, 0.1) is 5.92 Å². The van der Waals surface area contributed by atoms with Crippen LogP contribution in [0.1, 0.15) is 27.7 Å². The van der Waals surface area contributed by atoms with Crippen molar-refractivity contribution in [1.82, 2.24) is 15.3 Å². The fourth-order valence-corrected chi connectivity index (χ4v) is 1.97. The van der Waals surface area contributed by atoms with Gasteiger partial charge in [-0.2, -0.15) is 0 Å². The van der Waals surface area contributed by atoms with Gasteiger partial charge in [0.05, 0.1) is 6.20 Å². The number of thioether (sulfide) groups is 1. The predicted octanol–water partition coefficient (Wildman–Crippen LogP) is 2.59. The lowest BCUT2D eigenvalue weighted by Crippen LogP contribution is -2.39. The molecule has 1 heterocycles. The van der Waals surface area contributed by atoms with E-state index in [2.05, 4.69) is 43.0 Å². The van der Waals surface area contributed by atoms with E-state index in [4.69, 9.17) is 0 Å². The van der Waals surface area contributed by atoms with Gasteiger partial charge in [-0.3, -0.25) is 4.98 Å². The quantitative estimate of drug-likeness (QED) is 0.802. The Labute approximate surface area is 102 Å². The zero-order chi connectivity index (χ0) is 12.0. The van der Waals surface area contributed by atoms with Crippen LogP contribution in [-0.2, 0) is 0 Å². The highest BCUT2D eigenvalue weighted by Gasteiger charge is 2.11. The van der Waals surface area contributed by atoms with Crippen LogP contribution in [0.2, 0.25) is 0 Å². The molecular formula is C12H21N3S. The molecule has 90 valence electrons. The molecule has 0 aliphatic rings. The van der Waals surface area contributed by atoms with Crippen LogP contribution in [0.15, 0.2) is 23.6 Å². The Morgan fingerprint density at radius 1 is 1.38 bits per heavy atom. The smallest absolute Gasteiger partial charge is 0.114 e. The fourth-order valence-electron chi connectivity index (χ4n) is 1.13. The van der Waals surface area contributed by atoms with Gasteiger partial charge in [-0.1, -0.05) is 6.92 Å². The summed E-state index contributed by atoms with van der Waals surface area (Å²) in [5, 5.41) is 4.51. The first-order valence-corrected chi connectivity index (χ1v) is 6.60. The SMILES string of the molecule is CC(CNC(C)(C)C)CSc1cnccn1. The van der Waals surface area contributed by atoms with Crippen LogP contribution in [0.3, 0.4) is 0 Å². The molecule has 0 aliphatic carbocycles. The zero-order valence-electron chi connectivity index (χ0n) is 10.5. The van der Waals surface area contributed by atoms with Crippen molar-refractivity contribution in [1.29, 1.82) is 0 Å². The first kappa shape index (κ1) is 13.5. The van der Waals surface area contributed by atoms with Gasteiger partial charge >= 0.3 is 0 Å². The van der Waals surface area contributed by atoms with Crippen LogP contribution in [-0.4, -0.2) is 27.8 Å². The predicted molar refractivity (Wildman–Crippen MR) is 69.7 cm³/mol. The molecular weight excluding hydrogens is 218 g/mol. The highest BCUT2D eigenvalue weighted by atomic mass is 32.2. The Balaban J connectivity index is 2.23. The molecule has 0 spiro atoms. The van der Waals surface area contributed by atoms with Crippen molar-refractivity contribution in [3.63, 3.8) is 0 Å². The molecule has 1 rings (SSSR count). The van der Waals surface area contributed by atoms with Gasteiger partial charge in [-0.15, -0.1) is 11.8 Å². The van der Waals surface area contributed by atoms with Crippen LogP contribution in [0.25, 0.3) is 0 Å². The fraction of sp³-hybridized carbons (Fsp3) is 0.667. The molecule has 0 bridgehead atoms. The highest BCUT2D eigenvalue weighted by Crippen LogP contribution is 2.16. The Bertz CT molecular complexity index is 295. The molecule has 0 saturated heterocycles. The molecule has 1 atom stereocenters. The van der Waals surface area contributed by atoms with E-state index in [-0.39, 0.29) is 5.54 Å². The lowest BCUT2D eigenvalue weighted by molar-refractivity contribution is 0.395. The summed E-state index contributed by atoms with van der Waals surface area (Å²) in [6.45, 7) is 9.86. The first-order chi connectivity index (χ1) is 7.47. The van der Waals surface area contributed by atoms with Crippen LogP contribution in [0.5, 0.6) is 0 Å². The van der Waals surface area contributed by atoms with Crippen molar-refractivity contribution in [3.8, 4) is 0 Å². The second-order valence-electron chi connectivity index (χ2n) is 5.09. The van der Waals surface area contributed by atoms with Gasteiger partial charge in [0, 0.05) is 23.7 Å². The summed E-state index contributed by atoms with van der Waals surface area (Å²) >= 11 is 1.77. The van der Waals surface area contributed by atoms with E-state index < -0.39 is 0 Å².